The molecule has 0 saturated heterocycles. The first-order chi connectivity index (χ1) is 13.2. The molecule has 4 rings (SSSR count). The van der Waals surface area contributed by atoms with Crippen LogP contribution in [0.2, 0.25) is 0 Å². The first-order valence-corrected chi connectivity index (χ1v) is 9.11. The van der Waals surface area contributed by atoms with E-state index in [2.05, 4.69) is 31.2 Å². The number of nitrogens with one attached hydrogen (secondary N) is 1. The summed E-state index contributed by atoms with van der Waals surface area (Å²) in [6.07, 6.45) is 7.05. The fraction of sp³-hybridized carbons (Fsp3) is 0. The maximum Gasteiger partial charge on any atom is 0.0570 e. The molecule has 0 radical (unpaired) electrons. The van der Waals surface area contributed by atoms with E-state index in [9.17, 15) is 0 Å². The van der Waals surface area contributed by atoms with Crippen LogP contribution in [0.3, 0.4) is 0 Å². The summed E-state index contributed by atoms with van der Waals surface area (Å²) in [5.74, 6) is 0. The van der Waals surface area contributed by atoms with Crippen LogP contribution >= 0.6 is 15.9 Å². The molecule has 0 amide bonds. The van der Waals surface area contributed by atoms with Crippen molar-refractivity contribution in [3.05, 3.63) is 114 Å². The lowest BCUT2D eigenvalue weighted by Crippen LogP contribution is -1.89. The smallest absolute Gasteiger partial charge is 0.0570 e. The minimum absolute atomic E-state index is 0.822. The summed E-state index contributed by atoms with van der Waals surface area (Å²) in [4.78, 5) is 7.86. The number of hydrogen-bond donors (Lipinski definition) is 2. The van der Waals surface area contributed by atoms with Crippen LogP contribution in [0, 0.1) is 0 Å². The van der Waals surface area contributed by atoms with Gasteiger partial charge in [0.05, 0.1) is 11.9 Å². The van der Waals surface area contributed by atoms with E-state index < -0.39 is 0 Å². The fourth-order valence-electron chi connectivity index (χ4n) is 1.92. The monoisotopic (exact) mass is 420 g/mol. The molecule has 4 aromatic rings. The van der Waals surface area contributed by atoms with Crippen molar-refractivity contribution < 1.29 is 0 Å². The zero-order valence-corrected chi connectivity index (χ0v) is 16.3. The average Bonchev–Trinajstić information content (AvgIpc) is 2.72. The van der Waals surface area contributed by atoms with Crippen molar-refractivity contribution in [1.82, 2.24) is 9.97 Å². The van der Waals surface area contributed by atoms with Crippen molar-refractivity contribution in [3.63, 3.8) is 0 Å². The second-order valence-corrected chi connectivity index (χ2v) is 6.23. The maximum atomic E-state index is 5.36. The molecule has 0 saturated carbocycles. The van der Waals surface area contributed by atoms with E-state index in [1.54, 1.807) is 24.8 Å². The molecule has 2 heterocycles. The van der Waals surface area contributed by atoms with Crippen LogP contribution in [0.4, 0.5) is 17.1 Å². The lowest BCUT2D eigenvalue weighted by molar-refractivity contribution is 1.31. The van der Waals surface area contributed by atoms with Gasteiger partial charge >= 0.3 is 0 Å². The van der Waals surface area contributed by atoms with Crippen LogP contribution in [0.5, 0.6) is 0 Å². The van der Waals surface area contributed by atoms with Crippen LogP contribution in [-0.4, -0.2) is 9.97 Å². The molecular weight excluding hydrogens is 400 g/mol. The molecule has 3 N–H and O–H groups in total. The van der Waals surface area contributed by atoms with Crippen molar-refractivity contribution in [2.45, 2.75) is 0 Å². The summed E-state index contributed by atoms with van der Waals surface area (Å²) in [6.45, 7) is 0. The molecule has 27 heavy (non-hydrogen) atoms. The highest BCUT2D eigenvalue weighted by Gasteiger charge is 1.90. The summed E-state index contributed by atoms with van der Waals surface area (Å²) in [6, 6.07) is 27.2. The molecule has 0 spiro atoms. The van der Waals surface area contributed by atoms with Crippen molar-refractivity contribution in [1.29, 1.82) is 0 Å². The van der Waals surface area contributed by atoms with Crippen LogP contribution in [0.15, 0.2) is 114 Å². The Morgan fingerprint density at radius 3 is 1.59 bits per heavy atom. The Bertz CT molecular complexity index is 782. The Labute approximate surface area is 168 Å². The van der Waals surface area contributed by atoms with E-state index >= 15 is 0 Å². The topological polar surface area (TPSA) is 63.8 Å². The Hall–Kier alpha value is -3.18. The molecule has 4 nitrogen and oxygen atoms in total. The Kier molecular flexibility index (Phi) is 9.11. The molecular formula is C22H21BrN4. The average molecular weight is 421 g/mol. The minimum Gasteiger partial charge on any atom is -0.399 e. The summed E-state index contributed by atoms with van der Waals surface area (Å²) < 4.78 is 1.02. The number of nitrogens with two attached hydrogens (primary N) is 1. The zero-order chi connectivity index (χ0) is 19.2. The second-order valence-electron chi connectivity index (χ2n) is 5.31. The van der Waals surface area contributed by atoms with Gasteiger partial charge in [-0.2, -0.15) is 0 Å². The van der Waals surface area contributed by atoms with Crippen molar-refractivity contribution in [2.24, 2.45) is 0 Å². The molecule has 5 heteroatoms. The highest BCUT2D eigenvalue weighted by Crippen LogP contribution is 2.13. The fourth-order valence-corrected chi connectivity index (χ4v) is 2.19. The number of anilines is 3. The van der Waals surface area contributed by atoms with E-state index in [0.29, 0.717) is 0 Å². The molecule has 0 fully saturated rings. The Morgan fingerprint density at radius 1 is 0.630 bits per heavy atom. The van der Waals surface area contributed by atoms with Gasteiger partial charge in [0.25, 0.3) is 0 Å². The molecule has 0 aliphatic rings. The molecule has 0 aliphatic heterocycles. The molecule has 136 valence electrons. The predicted octanol–water partition coefficient (Wildman–Crippen LogP) is 5.94. The number of halogens is 1. The van der Waals surface area contributed by atoms with Gasteiger partial charge < -0.3 is 11.1 Å². The summed E-state index contributed by atoms with van der Waals surface area (Å²) in [5, 5.41) is 3.24. The third-order valence-corrected chi connectivity index (χ3v) is 3.62. The van der Waals surface area contributed by atoms with E-state index in [1.807, 2.05) is 84.9 Å². The van der Waals surface area contributed by atoms with Gasteiger partial charge in [0.2, 0.25) is 0 Å². The predicted molar refractivity (Wildman–Crippen MR) is 117 cm³/mol. The second kappa shape index (κ2) is 12.2. The van der Waals surface area contributed by atoms with Gasteiger partial charge in [0, 0.05) is 34.4 Å². The van der Waals surface area contributed by atoms with Crippen LogP contribution in [0.1, 0.15) is 0 Å². The van der Waals surface area contributed by atoms with Gasteiger partial charge in [-0.25, -0.2) is 0 Å². The van der Waals surface area contributed by atoms with Crippen molar-refractivity contribution in [3.8, 4) is 0 Å². The number of para-hydroxylation sites is 2. The Morgan fingerprint density at radius 2 is 1.19 bits per heavy atom. The largest absolute Gasteiger partial charge is 0.399 e. The van der Waals surface area contributed by atoms with Crippen LogP contribution in [-0.2, 0) is 0 Å². The molecule has 0 bridgehead atoms. The molecule has 0 unspecified atom stereocenters. The SMILES string of the molecule is Brc1cccnc1.Nc1ccccc1.c1ccc(Nc2cccnc2)cc1. The number of rotatable bonds is 2. The maximum absolute atomic E-state index is 5.36. The highest BCUT2D eigenvalue weighted by atomic mass is 79.9. The minimum atomic E-state index is 0.822. The van der Waals surface area contributed by atoms with Gasteiger partial charge in [0.15, 0.2) is 0 Å². The van der Waals surface area contributed by atoms with E-state index in [-0.39, 0.29) is 0 Å². The van der Waals surface area contributed by atoms with E-state index in [4.69, 9.17) is 5.73 Å². The summed E-state index contributed by atoms with van der Waals surface area (Å²) >= 11 is 3.25. The number of hydrogen-bond acceptors (Lipinski definition) is 4. The first kappa shape index (κ1) is 20.1. The van der Waals surface area contributed by atoms with Crippen molar-refractivity contribution >= 4 is 33.0 Å². The standard InChI is InChI=1S/C11H10N2.C6H7N.C5H4BrN/c1-2-5-10(6-3-1)13-11-7-4-8-12-9-11;7-6-4-2-1-3-5-6;6-5-2-1-3-7-4-5/h1-9,13H;1-5H,7H2;1-4H. The van der Waals surface area contributed by atoms with Gasteiger partial charge in [-0.05, 0) is 64.5 Å². The first-order valence-electron chi connectivity index (χ1n) is 8.32. The Balaban J connectivity index is 0.000000159. The summed E-state index contributed by atoms with van der Waals surface area (Å²) in [5.41, 5.74) is 8.27. The molecule has 2 aromatic heterocycles. The van der Waals surface area contributed by atoms with Crippen molar-refractivity contribution in [2.75, 3.05) is 11.1 Å². The normalized spacial score (nSPS) is 9.07. The quantitative estimate of drug-likeness (QED) is 0.394. The zero-order valence-electron chi connectivity index (χ0n) is 14.7. The van der Waals surface area contributed by atoms with Gasteiger partial charge in [-0.3, -0.25) is 9.97 Å². The third-order valence-electron chi connectivity index (χ3n) is 3.15. The van der Waals surface area contributed by atoms with Crippen LogP contribution in [0.25, 0.3) is 0 Å². The summed E-state index contributed by atoms with van der Waals surface area (Å²) in [7, 11) is 0. The molecule has 0 aliphatic carbocycles. The van der Waals surface area contributed by atoms with E-state index in [0.717, 1.165) is 21.5 Å². The number of aromatic nitrogens is 2. The van der Waals surface area contributed by atoms with Gasteiger partial charge in [-0.1, -0.05) is 36.4 Å². The van der Waals surface area contributed by atoms with Crippen LogP contribution < -0.4 is 11.1 Å². The number of nitrogen functional groups attached to an aromatic ring is 1. The third kappa shape index (κ3) is 9.18. The molecule has 2 aromatic carbocycles. The van der Waals surface area contributed by atoms with Gasteiger partial charge in [0.1, 0.15) is 0 Å². The lowest BCUT2D eigenvalue weighted by Gasteiger charge is -2.03. The van der Waals surface area contributed by atoms with E-state index in [1.165, 1.54) is 0 Å². The number of benzene rings is 2. The molecule has 0 atom stereocenters. The van der Waals surface area contributed by atoms with Gasteiger partial charge in [-0.15, -0.1) is 0 Å². The number of pyridine rings is 2. The lowest BCUT2D eigenvalue weighted by atomic mass is 10.3. The number of nitrogens with zero attached hydrogens (tertiary/aromatic N) is 2. The highest BCUT2D eigenvalue weighted by molar-refractivity contribution is 9.10.